The number of amides is 1. The van der Waals surface area contributed by atoms with Gasteiger partial charge in [0.15, 0.2) is 6.61 Å². The Kier molecular flexibility index (Phi) is 7.25. The van der Waals surface area contributed by atoms with Crippen LogP contribution in [0.2, 0.25) is 0 Å². The van der Waals surface area contributed by atoms with Crippen molar-refractivity contribution >= 4 is 17.6 Å². The van der Waals surface area contributed by atoms with Crippen LogP contribution >= 0.6 is 0 Å². The molecule has 2 rings (SSSR count). The van der Waals surface area contributed by atoms with Crippen LogP contribution in [0, 0.1) is 24.0 Å². The summed E-state index contributed by atoms with van der Waals surface area (Å²) in [7, 11) is 0. The highest BCUT2D eigenvalue weighted by Crippen LogP contribution is 2.22. The van der Waals surface area contributed by atoms with E-state index in [-0.39, 0.29) is 18.2 Å². The Balaban J connectivity index is 1.94. The number of nitrogens with one attached hydrogen (secondary N) is 1. The highest BCUT2D eigenvalue weighted by atomic mass is 16.6. The first kappa shape index (κ1) is 21.1. The zero-order valence-corrected chi connectivity index (χ0v) is 16.2. The predicted octanol–water partition coefficient (Wildman–Crippen LogP) is 2.53. The first-order valence-electron chi connectivity index (χ1n) is 9.04. The third-order valence-electron chi connectivity index (χ3n) is 4.23. The third kappa shape index (κ3) is 5.38. The Labute approximate surface area is 162 Å². The van der Waals surface area contributed by atoms with Crippen molar-refractivity contribution < 1.29 is 19.2 Å². The predicted molar refractivity (Wildman–Crippen MR) is 102 cm³/mol. The maximum Gasteiger partial charge on any atom is 0.338 e. The maximum absolute atomic E-state index is 12.0. The molecule has 0 aliphatic rings. The fraction of sp³-hybridized carbons (Fsp3) is 0.421. The van der Waals surface area contributed by atoms with Gasteiger partial charge in [-0.2, -0.15) is 5.10 Å². The molecule has 2 aromatic rings. The van der Waals surface area contributed by atoms with Crippen molar-refractivity contribution in [3.05, 3.63) is 56.9 Å². The van der Waals surface area contributed by atoms with E-state index in [2.05, 4.69) is 10.4 Å². The van der Waals surface area contributed by atoms with Crippen LogP contribution < -0.4 is 5.32 Å². The standard InChI is InChI=1S/C19H24N4O5/c1-4-5-10-20-17(24)12-28-19(25)16-8-6-15(7-9-16)11-22-14(3)18(23(26)27)13(2)21-22/h6-9H,4-5,10-12H2,1-3H3,(H,20,24). The van der Waals surface area contributed by atoms with Gasteiger partial charge in [0, 0.05) is 6.54 Å². The van der Waals surface area contributed by atoms with E-state index >= 15 is 0 Å². The van der Waals surface area contributed by atoms with Crippen LogP contribution in [0.4, 0.5) is 5.69 Å². The molecule has 0 saturated heterocycles. The van der Waals surface area contributed by atoms with Crippen LogP contribution in [0.3, 0.4) is 0 Å². The van der Waals surface area contributed by atoms with Gasteiger partial charge in [-0.05, 0) is 38.0 Å². The number of hydrogen-bond acceptors (Lipinski definition) is 6. The number of aryl methyl sites for hydroxylation is 1. The van der Waals surface area contributed by atoms with Gasteiger partial charge in [0.05, 0.1) is 17.0 Å². The molecule has 1 heterocycles. The average molecular weight is 388 g/mol. The van der Waals surface area contributed by atoms with E-state index in [0.29, 0.717) is 30.0 Å². The highest BCUT2D eigenvalue weighted by Gasteiger charge is 2.21. The molecule has 0 unspecified atom stereocenters. The number of nitrogens with zero attached hydrogens (tertiary/aromatic N) is 3. The first-order valence-corrected chi connectivity index (χ1v) is 9.04. The Morgan fingerprint density at radius 3 is 2.50 bits per heavy atom. The zero-order valence-electron chi connectivity index (χ0n) is 16.2. The normalized spacial score (nSPS) is 10.5. The lowest BCUT2D eigenvalue weighted by Crippen LogP contribution is -2.29. The van der Waals surface area contributed by atoms with Crippen LogP contribution in [0.5, 0.6) is 0 Å². The van der Waals surface area contributed by atoms with Gasteiger partial charge in [-0.25, -0.2) is 4.79 Å². The minimum Gasteiger partial charge on any atom is -0.452 e. The molecule has 0 saturated carbocycles. The number of carbonyl (C=O) groups is 2. The summed E-state index contributed by atoms with van der Waals surface area (Å²) in [5, 5.41) is 18.0. The largest absolute Gasteiger partial charge is 0.452 e. The number of benzene rings is 1. The number of unbranched alkanes of at least 4 members (excludes halogenated alkanes) is 1. The molecule has 0 fully saturated rings. The molecule has 1 aromatic carbocycles. The number of aromatic nitrogens is 2. The molecular formula is C19H24N4O5. The van der Waals surface area contributed by atoms with Gasteiger partial charge in [0.25, 0.3) is 5.91 Å². The molecule has 1 N–H and O–H groups in total. The summed E-state index contributed by atoms with van der Waals surface area (Å²) in [4.78, 5) is 34.2. The SMILES string of the molecule is CCCCNC(=O)COC(=O)c1ccc(Cn2nc(C)c([N+](=O)[O-])c2C)cc1. The van der Waals surface area contributed by atoms with Gasteiger partial charge in [-0.15, -0.1) is 0 Å². The van der Waals surface area contributed by atoms with E-state index in [1.807, 2.05) is 6.92 Å². The van der Waals surface area contributed by atoms with Crippen molar-refractivity contribution in [2.45, 2.75) is 40.2 Å². The second-order valence-electron chi connectivity index (χ2n) is 6.41. The summed E-state index contributed by atoms with van der Waals surface area (Å²) in [6, 6.07) is 6.62. The van der Waals surface area contributed by atoms with E-state index in [1.54, 1.807) is 42.8 Å². The number of esters is 1. The fourth-order valence-corrected chi connectivity index (χ4v) is 2.69. The quantitative estimate of drug-likeness (QED) is 0.305. The second kappa shape index (κ2) is 9.63. The molecule has 150 valence electrons. The number of carbonyl (C=O) groups excluding carboxylic acids is 2. The highest BCUT2D eigenvalue weighted by molar-refractivity contribution is 5.91. The minimum absolute atomic E-state index is 0.0115. The minimum atomic E-state index is -0.584. The zero-order chi connectivity index (χ0) is 20.7. The van der Waals surface area contributed by atoms with Gasteiger partial charge >= 0.3 is 11.7 Å². The summed E-state index contributed by atoms with van der Waals surface area (Å²) in [6.07, 6.45) is 1.84. The summed E-state index contributed by atoms with van der Waals surface area (Å²) >= 11 is 0. The van der Waals surface area contributed by atoms with Crippen LogP contribution in [0.15, 0.2) is 24.3 Å². The van der Waals surface area contributed by atoms with Gasteiger partial charge in [0.2, 0.25) is 0 Å². The second-order valence-corrected chi connectivity index (χ2v) is 6.41. The molecule has 0 radical (unpaired) electrons. The van der Waals surface area contributed by atoms with Crippen molar-refractivity contribution in [1.82, 2.24) is 15.1 Å². The third-order valence-corrected chi connectivity index (χ3v) is 4.23. The number of ether oxygens (including phenoxy) is 1. The summed E-state index contributed by atoms with van der Waals surface area (Å²) < 4.78 is 6.56. The Morgan fingerprint density at radius 2 is 1.93 bits per heavy atom. The Hall–Kier alpha value is -3.23. The summed E-state index contributed by atoms with van der Waals surface area (Å²) in [5.74, 6) is -0.913. The topological polar surface area (TPSA) is 116 Å². The number of rotatable bonds is 9. The van der Waals surface area contributed by atoms with Gasteiger partial charge < -0.3 is 10.1 Å². The average Bonchev–Trinajstić information content (AvgIpc) is 2.94. The van der Waals surface area contributed by atoms with E-state index < -0.39 is 10.9 Å². The van der Waals surface area contributed by atoms with Crippen molar-refractivity contribution in [3.8, 4) is 0 Å². The fourth-order valence-electron chi connectivity index (χ4n) is 2.69. The smallest absolute Gasteiger partial charge is 0.338 e. The van der Waals surface area contributed by atoms with Crippen molar-refractivity contribution in [3.63, 3.8) is 0 Å². The Morgan fingerprint density at radius 1 is 1.25 bits per heavy atom. The van der Waals surface area contributed by atoms with Crippen molar-refractivity contribution in [2.24, 2.45) is 0 Å². The summed E-state index contributed by atoms with van der Waals surface area (Å²) in [6.45, 7) is 5.85. The monoisotopic (exact) mass is 388 g/mol. The number of nitro groups is 1. The molecule has 0 aliphatic carbocycles. The molecule has 0 bridgehead atoms. The van der Waals surface area contributed by atoms with E-state index in [4.69, 9.17) is 4.74 Å². The van der Waals surface area contributed by atoms with E-state index in [9.17, 15) is 19.7 Å². The molecule has 9 nitrogen and oxygen atoms in total. The molecular weight excluding hydrogens is 364 g/mol. The van der Waals surface area contributed by atoms with Crippen LogP contribution in [-0.2, 0) is 16.1 Å². The van der Waals surface area contributed by atoms with Crippen molar-refractivity contribution in [1.29, 1.82) is 0 Å². The number of hydrogen-bond donors (Lipinski definition) is 1. The Bertz CT molecular complexity index is 858. The van der Waals surface area contributed by atoms with E-state index in [1.165, 1.54) is 0 Å². The molecule has 28 heavy (non-hydrogen) atoms. The summed E-state index contributed by atoms with van der Waals surface area (Å²) in [5.41, 5.74) is 2.00. The molecule has 1 amide bonds. The lowest BCUT2D eigenvalue weighted by atomic mass is 10.1. The lowest BCUT2D eigenvalue weighted by Gasteiger charge is -2.07. The van der Waals surface area contributed by atoms with Crippen LogP contribution in [0.1, 0.15) is 47.1 Å². The van der Waals surface area contributed by atoms with Gasteiger partial charge in [-0.1, -0.05) is 25.5 Å². The van der Waals surface area contributed by atoms with Crippen molar-refractivity contribution in [2.75, 3.05) is 13.2 Å². The van der Waals surface area contributed by atoms with Gasteiger partial charge in [-0.3, -0.25) is 19.6 Å². The lowest BCUT2D eigenvalue weighted by molar-refractivity contribution is -0.386. The molecule has 1 aromatic heterocycles. The first-order chi connectivity index (χ1) is 13.3. The van der Waals surface area contributed by atoms with Crippen LogP contribution in [-0.4, -0.2) is 39.7 Å². The molecule has 0 spiro atoms. The maximum atomic E-state index is 12.0. The molecule has 0 aliphatic heterocycles. The van der Waals surface area contributed by atoms with Crippen LogP contribution in [0.25, 0.3) is 0 Å². The van der Waals surface area contributed by atoms with E-state index in [0.717, 1.165) is 18.4 Å². The molecule has 0 atom stereocenters. The molecule has 9 heteroatoms. The van der Waals surface area contributed by atoms with Gasteiger partial charge in [0.1, 0.15) is 11.4 Å².